The molecule has 0 fully saturated rings. The van der Waals surface area contributed by atoms with Crippen LogP contribution in [-0.4, -0.2) is 25.2 Å². The molecular formula is C18H16Cl2N2O4. The maximum absolute atomic E-state index is 12.2. The molecule has 2 amide bonds. The predicted molar refractivity (Wildman–Crippen MR) is 100 cm³/mol. The summed E-state index contributed by atoms with van der Waals surface area (Å²) in [6.07, 6.45) is 0.0941. The summed E-state index contributed by atoms with van der Waals surface area (Å²) in [7, 11) is 0. The largest absolute Gasteiger partial charge is 0.454 e. The lowest BCUT2D eigenvalue weighted by Crippen LogP contribution is -2.31. The average Bonchev–Trinajstić information content (AvgIpc) is 3.06. The van der Waals surface area contributed by atoms with E-state index in [1.165, 1.54) is 11.8 Å². The van der Waals surface area contributed by atoms with E-state index in [9.17, 15) is 9.59 Å². The number of nitrogens with zero attached hydrogens (tertiary/aromatic N) is 1. The van der Waals surface area contributed by atoms with Crippen LogP contribution in [0.1, 0.15) is 13.3 Å². The number of rotatable bonds is 5. The van der Waals surface area contributed by atoms with E-state index in [1.54, 1.807) is 36.4 Å². The highest BCUT2D eigenvalue weighted by Crippen LogP contribution is 2.35. The maximum Gasteiger partial charge on any atom is 0.231 e. The Morgan fingerprint density at radius 1 is 1.12 bits per heavy atom. The normalized spacial score (nSPS) is 12.0. The Bertz CT molecular complexity index is 857. The van der Waals surface area contributed by atoms with Crippen molar-refractivity contribution in [2.45, 2.75) is 13.3 Å². The number of anilines is 2. The second-order valence-corrected chi connectivity index (χ2v) is 6.47. The standard InChI is InChI=1S/C18H16Cl2N2O4/c1-11(23)22(13-3-5-16-17(9-13)26-10-25-16)7-6-18(24)21-15-8-12(19)2-4-14(15)20/h2-5,8-9H,6-7,10H2,1H3,(H,21,24). The fourth-order valence-corrected chi connectivity index (χ4v) is 2.88. The van der Waals surface area contributed by atoms with Gasteiger partial charge >= 0.3 is 0 Å². The fraction of sp³-hybridized carbons (Fsp3) is 0.222. The molecule has 0 unspecified atom stereocenters. The van der Waals surface area contributed by atoms with Crippen LogP contribution in [0.2, 0.25) is 10.0 Å². The Labute approximate surface area is 160 Å². The van der Waals surface area contributed by atoms with Crippen molar-refractivity contribution in [2.24, 2.45) is 0 Å². The van der Waals surface area contributed by atoms with E-state index in [1.807, 2.05) is 0 Å². The first-order valence-corrected chi connectivity index (χ1v) is 8.62. The van der Waals surface area contributed by atoms with Crippen molar-refractivity contribution in [1.29, 1.82) is 0 Å². The summed E-state index contributed by atoms with van der Waals surface area (Å²) in [5.41, 5.74) is 1.07. The lowest BCUT2D eigenvalue weighted by molar-refractivity contribution is -0.117. The molecule has 2 aromatic carbocycles. The quantitative estimate of drug-likeness (QED) is 0.828. The van der Waals surface area contributed by atoms with Gasteiger partial charge in [0.15, 0.2) is 11.5 Å². The van der Waals surface area contributed by atoms with E-state index < -0.39 is 0 Å². The first-order chi connectivity index (χ1) is 12.4. The molecule has 0 spiro atoms. The van der Waals surface area contributed by atoms with Gasteiger partial charge in [0.25, 0.3) is 0 Å². The minimum absolute atomic E-state index is 0.0941. The zero-order valence-corrected chi connectivity index (χ0v) is 15.4. The molecule has 3 rings (SSSR count). The molecule has 136 valence electrons. The first-order valence-electron chi connectivity index (χ1n) is 7.86. The molecule has 0 radical (unpaired) electrons. The summed E-state index contributed by atoms with van der Waals surface area (Å²) in [5, 5.41) is 3.56. The third-order valence-electron chi connectivity index (χ3n) is 3.81. The highest BCUT2D eigenvalue weighted by atomic mass is 35.5. The zero-order valence-electron chi connectivity index (χ0n) is 13.9. The first kappa shape index (κ1) is 18.4. The molecule has 1 heterocycles. The van der Waals surface area contributed by atoms with Crippen molar-refractivity contribution in [3.63, 3.8) is 0 Å². The summed E-state index contributed by atoms with van der Waals surface area (Å²) < 4.78 is 10.6. The van der Waals surface area contributed by atoms with Crippen LogP contribution in [0.5, 0.6) is 11.5 Å². The van der Waals surface area contributed by atoms with Crippen LogP contribution in [0.3, 0.4) is 0 Å². The van der Waals surface area contributed by atoms with Crippen LogP contribution >= 0.6 is 23.2 Å². The summed E-state index contributed by atoms with van der Waals surface area (Å²) in [6.45, 7) is 1.80. The number of halogens is 2. The van der Waals surface area contributed by atoms with E-state index in [4.69, 9.17) is 32.7 Å². The van der Waals surface area contributed by atoms with Crippen molar-refractivity contribution in [1.82, 2.24) is 0 Å². The van der Waals surface area contributed by atoms with Gasteiger partial charge in [0.2, 0.25) is 18.6 Å². The van der Waals surface area contributed by atoms with Gasteiger partial charge in [-0.3, -0.25) is 9.59 Å². The molecule has 26 heavy (non-hydrogen) atoms. The van der Waals surface area contributed by atoms with Crippen LogP contribution in [-0.2, 0) is 9.59 Å². The number of amides is 2. The highest BCUT2D eigenvalue weighted by molar-refractivity contribution is 6.35. The number of hydrogen-bond acceptors (Lipinski definition) is 4. The molecule has 0 aliphatic carbocycles. The Kier molecular flexibility index (Phi) is 5.54. The molecule has 1 N–H and O–H groups in total. The van der Waals surface area contributed by atoms with Gasteiger partial charge in [-0.25, -0.2) is 0 Å². The van der Waals surface area contributed by atoms with E-state index in [2.05, 4.69) is 5.32 Å². The van der Waals surface area contributed by atoms with Gasteiger partial charge in [-0.2, -0.15) is 0 Å². The third kappa shape index (κ3) is 4.20. The number of fused-ring (bicyclic) bond motifs is 1. The average molecular weight is 395 g/mol. The number of carbonyl (C=O) groups is 2. The fourth-order valence-electron chi connectivity index (χ4n) is 2.54. The summed E-state index contributed by atoms with van der Waals surface area (Å²) in [5.74, 6) is 0.744. The Balaban J connectivity index is 1.66. The number of ether oxygens (including phenoxy) is 2. The monoisotopic (exact) mass is 394 g/mol. The molecule has 1 aliphatic rings. The maximum atomic E-state index is 12.2. The minimum atomic E-state index is -0.277. The van der Waals surface area contributed by atoms with Crippen LogP contribution in [0.15, 0.2) is 36.4 Å². The minimum Gasteiger partial charge on any atom is -0.454 e. The van der Waals surface area contributed by atoms with Gasteiger partial charge in [0, 0.05) is 36.7 Å². The second kappa shape index (κ2) is 7.85. The molecule has 0 bridgehead atoms. The Morgan fingerprint density at radius 3 is 2.65 bits per heavy atom. The van der Waals surface area contributed by atoms with Gasteiger partial charge < -0.3 is 19.7 Å². The Hall–Kier alpha value is -2.44. The van der Waals surface area contributed by atoms with Crippen molar-refractivity contribution in [3.05, 3.63) is 46.4 Å². The SMILES string of the molecule is CC(=O)N(CCC(=O)Nc1cc(Cl)ccc1Cl)c1ccc2c(c1)OCO2. The van der Waals surface area contributed by atoms with Gasteiger partial charge in [-0.15, -0.1) is 0 Å². The molecule has 6 nitrogen and oxygen atoms in total. The van der Waals surface area contributed by atoms with Crippen LogP contribution < -0.4 is 19.7 Å². The molecule has 1 aliphatic heterocycles. The lowest BCUT2D eigenvalue weighted by Gasteiger charge is -2.21. The number of nitrogens with one attached hydrogen (secondary N) is 1. The van der Waals surface area contributed by atoms with Gasteiger partial charge in [0.1, 0.15) is 0 Å². The van der Waals surface area contributed by atoms with Crippen LogP contribution in [0.4, 0.5) is 11.4 Å². The molecule has 2 aromatic rings. The highest BCUT2D eigenvalue weighted by Gasteiger charge is 2.19. The third-order valence-corrected chi connectivity index (χ3v) is 4.38. The molecule has 0 saturated carbocycles. The Morgan fingerprint density at radius 2 is 1.88 bits per heavy atom. The molecule has 8 heteroatoms. The smallest absolute Gasteiger partial charge is 0.231 e. The summed E-state index contributed by atoms with van der Waals surface area (Å²) >= 11 is 12.0. The second-order valence-electron chi connectivity index (χ2n) is 5.63. The predicted octanol–water partition coefficient (Wildman–Crippen LogP) is 4.10. The van der Waals surface area contributed by atoms with Crippen molar-refractivity contribution >= 4 is 46.4 Å². The van der Waals surface area contributed by atoms with E-state index in [-0.39, 0.29) is 31.6 Å². The molecular weight excluding hydrogens is 379 g/mol. The van der Waals surface area contributed by atoms with Crippen LogP contribution in [0.25, 0.3) is 0 Å². The van der Waals surface area contributed by atoms with Crippen molar-refractivity contribution in [2.75, 3.05) is 23.6 Å². The van der Waals surface area contributed by atoms with Crippen molar-refractivity contribution in [3.8, 4) is 11.5 Å². The molecule has 0 aromatic heterocycles. The van der Waals surface area contributed by atoms with Crippen molar-refractivity contribution < 1.29 is 19.1 Å². The number of carbonyl (C=O) groups excluding carboxylic acids is 2. The summed E-state index contributed by atoms with van der Waals surface area (Å²) in [6, 6.07) is 10.0. The topological polar surface area (TPSA) is 67.9 Å². The number of benzene rings is 2. The zero-order chi connectivity index (χ0) is 18.7. The lowest BCUT2D eigenvalue weighted by atomic mass is 10.2. The van der Waals surface area contributed by atoms with Gasteiger partial charge in [0.05, 0.1) is 10.7 Å². The molecule has 0 saturated heterocycles. The van der Waals surface area contributed by atoms with E-state index in [0.717, 1.165) is 0 Å². The van der Waals surface area contributed by atoms with Gasteiger partial charge in [-0.1, -0.05) is 23.2 Å². The van der Waals surface area contributed by atoms with Gasteiger partial charge in [-0.05, 0) is 30.3 Å². The van der Waals surface area contributed by atoms with E-state index >= 15 is 0 Å². The van der Waals surface area contributed by atoms with Crippen LogP contribution in [0, 0.1) is 0 Å². The van der Waals surface area contributed by atoms with E-state index in [0.29, 0.717) is 32.9 Å². The summed E-state index contributed by atoms with van der Waals surface area (Å²) in [4.78, 5) is 25.7. The molecule has 0 atom stereocenters. The number of hydrogen-bond donors (Lipinski definition) is 1.